The normalized spacial score (nSPS) is 18.9. The van der Waals surface area contributed by atoms with E-state index < -0.39 is 18.2 Å². The molecule has 0 radical (unpaired) electrons. The number of nitrogens with zero attached hydrogens (tertiary/aromatic N) is 6. The molecule has 0 N–H and O–H groups in total. The number of hydrogen-bond donors (Lipinski definition) is 0. The van der Waals surface area contributed by atoms with Crippen LogP contribution in [-0.4, -0.2) is 43.4 Å². The van der Waals surface area contributed by atoms with Gasteiger partial charge >= 0.3 is 6.55 Å². The number of benzene rings is 1. The minimum absolute atomic E-state index is 0.142. The molecular weight excluding hydrogens is 500 g/mol. The molecule has 196 valence electrons. The van der Waals surface area contributed by atoms with Gasteiger partial charge in [-0.25, -0.2) is 23.4 Å². The number of anilines is 1. The van der Waals surface area contributed by atoms with Crippen LogP contribution in [0.1, 0.15) is 50.6 Å². The molecule has 5 heterocycles. The lowest BCUT2D eigenvalue weighted by Crippen LogP contribution is -2.32. The van der Waals surface area contributed by atoms with Gasteiger partial charge in [-0.2, -0.15) is 13.9 Å². The van der Waals surface area contributed by atoms with E-state index in [0.717, 1.165) is 17.3 Å². The molecule has 2 aliphatic heterocycles. The summed E-state index contributed by atoms with van der Waals surface area (Å²) in [6.07, 6.45) is 7.11. The van der Waals surface area contributed by atoms with Crippen molar-refractivity contribution in [2.24, 2.45) is 0 Å². The van der Waals surface area contributed by atoms with Crippen molar-refractivity contribution in [1.82, 2.24) is 24.7 Å². The number of piperidine rings is 1. The van der Waals surface area contributed by atoms with E-state index in [4.69, 9.17) is 14.7 Å². The minimum Gasteiger partial charge on any atom is -0.360 e. The van der Waals surface area contributed by atoms with Crippen molar-refractivity contribution < 1.29 is 22.3 Å². The number of rotatable bonds is 5. The maximum absolute atomic E-state index is 14.1. The highest BCUT2D eigenvalue weighted by Crippen LogP contribution is 2.48. The first-order chi connectivity index (χ1) is 18.2. The van der Waals surface area contributed by atoms with E-state index >= 15 is 0 Å². The van der Waals surface area contributed by atoms with E-state index in [0.29, 0.717) is 64.3 Å². The maximum atomic E-state index is 14.1. The largest absolute Gasteiger partial charge is 0.360 e. The third-order valence-corrected chi connectivity index (χ3v) is 6.92. The van der Waals surface area contributed by atoms with Crippen molar-refractivity contribution in [1.29, 1.82) is 0 Å². The highest BCUT2D eigenvalue weighted by molar-refractivity contribution is 5.83. The van der Waals surface area contributed by atoms with Gasteiger partial charge in [0.25, 0.3) is 0 Å². The molecule has 11 heteroatoms. The first kappa shape index (κ1) is 24.5. The first-order valence-corrected chi connectivity index (χ1v) is 12.3. The topological polar surface area (TPSA) is 72.3 Å². The van der Waals surface area contributed by atoms with Gasteiger partial charge in [0.1, 0.15) is 28.9 Å². The Hall–Kier alpha value is -3.86. The molecular formula is C27H24F4N6O. The van der Waals surface area contributed by atoms with Crippen molar-refractivity contribution in [2.75, 3.05) is 18.0 Å². The molecule has 0 amide bonds. The summed E-state index contributed by atoms with van der Waals surface area (Å²) in [7, 11) is 0. The van der Waals surface area contributed by atoms with Crippen molar-refractivity contribution >= 4 is 22.9 Å². The fourth-order valence-electron chi connectivity index (χ4n) is 4.77. The number of halogens is 4. The van der Waals surface area contributed by atoms with Gasteiger partial charge in [-0.15, -0.1) is 0 Å². The second-order valence-corrected chi connectivity index (χ2v) is 10.0. The quantitative estimate of drug-likeness (QED) is 0.232. The van der Waals surface area contributed by atoms with Crippen molar-refractivity contribution in [2.45, 2.75) is 44.9 Å². The molecule has 0 bridgehead atoms. The van der Waals surface area contributed by atoms with Gasteiger partial charge in [-0.1, -0.05) is 11.6 Å². The molecule has 7 nitrogen and oxygen atoms in total. The van der Waals surface area contributed by atoms with Gasteiger partial charge in [0.05, 0.1) is 29.2 Å². The van der Waals surface area contributed by atoms with Crippen LogP contribution in [0.5, 0.6) is 0 Å². The lowest BCUT2D eigenvalue weighted by atomic mass is 10.00. The standard InChI is InChI=1S/C27H24F4N6O/c1-27(2)24(38-27)21-11-20-22(13-32-21)35-25(23(34-20)17-12-33-37(14-17)26(30)31)36-7-5-15(6-8-36)9-16-3-4-18(28)10-19(16)29/h3-4,9-14,24,26H,5-8H2,1-2H3. The lowest BCUT2D eigenvalue weighted by molar-refractivity contribution is 0.0566. The zero-order valence-electron chi connectivity index (χ0n) is 20.7. The maximum Gasteiger partial charge on any atom is 0.333 e. The van der Waals surface area contributed by atoms with Gasteiger partial charge in [-0.05, 0) is 44.9 Å². The fraction of sp³-hybridized carbons (Fsp3) is 0.333. The highest BCUT2D eigenvalue weighted by Gasteiger charge is 2.50. The molecule has 1 unspecified atom stereocenters. The van der Waals surface area contributed by atoms with Crippen molar-refractivity contribution in [3.8, 4) is 11.3 Å². The van der Waals surface area contributed by atoms with Crippen molar-refractivity contribution in [3.05, 3.63) is 71.3 Å². The number of pyridine rings is 1. The van der Waals surface area contributed by atoms with Gasteiger partial charge < -0.3 is 9.64 Å². The predicted octanol–water partition coefficient (Wildman–Crippen LogP) is 6.10. The van der Waals surface area contributed by atoms with Crippen LogP contribution in [0.3, 0.4) is 0 Å². The molecule has 3 aromatic heterocycles. The number of fused-ring (bicyclic) bond motifs is 1. The summed E-state index contributed by atoms with van der Waals surface area (Å²) in [5.41, 5.74) is 3.80. The van der Waals surface area contributed by atoms with E-state index in [-0.39, 0.29) is 11.7 Å². The Balaban J connectivity index is 1.34. The second kappa shape index (κ2) is 9.16. The van der Waals surface area contributed by atoms with Crippen LogP contribution in [0.4, 0.5) is 23.4 Å². The Morgan fingerprint density at radius 2 is 1.82 bits per heavy atom. The van der Waals surface area contributed by atoms with Gasteiger partial charge in [0.2, 0.25) is 0 Å². The monoisotopic (exact) mass is 524 g/mol. The Bertz CT molecular complexity index is 1560. The Kier molecular flexibility index (Phi) is 5.90. The molecule has 2 fully saturated rings. The summed E-state index contributed by atoms with van der Waals surface area (Å²) in [6.45, 7) is 2.29. The summed E-state index contributed by atoms with van der Waals surface area (Å²) in [5.74, 6) is -0.687. The van der Waals surface area contributed by atoms with Crippen molar-refractivity contribution in [3.63, 3.8) is 0 Å². The van der Waals surface area contributed by atoms with E-state index in [9.17, 15) is 17.6 Å². The summed E-state index contributed by atoms with van der Waals surface area (Å²) in [5, 5.41) is 3.78. The SMILES string of the molecule is CC1(C)OC1c1cc2nc(-c3cnn(C(F)F)c3)c(N3CCC(=Cc4ccc(F)cc4F)CC3)nc2cn1. The number of hydrogen-bond acceptors (Lipinski definition) is 6. The Morgan fingerprint density at radius 3 is 2.47 bits per heavy atom. The van der Waals surface area contributed by atoms with E-state index in [1.165, 1.54) is 24.5 Å². The van der Waals surface area contributed by atoms with Gasteiger partial charge in [-0.3, -0.25) is 4.98 Å². The summed E-state index contributed by atoms with van der Waals surface area (Å²) in [6, 6.07) is 5.35. The Morgan fingerprint density at radius 1 is 1.05 bits per heavy atom. The molecule has 2 saturated heterocycles. The zero-order chi connectivity index (χ0) is 26.6. The molecule has 0 spiro atoms. The van der Waals surface area contributed by atoms with Crippen LogP contribution in [-0.2, 0) is 4.74 Å². The molecule has 0 aliphatic carbocycles. The Labute approximate surface area is 215 Å². The van der Waals surface area contributed by atoms with Crippen LogP contribution < -0.4 is 4.90 Å². The average molecular weight is 525 g/mol. The summed E-state index contributed by atoms with van der Waals surface area (Å²) in [4.78, 5) is 16.2. The van der Waals surface area contributed by atoms with E-state index in [1.807, 2.05) is 24.8 Å². The lowest BCUT2D eigenvalue weighted by Gasteiger charge is -2.30. The number of alkyl halides is 2. The van der Waals surface area contributed by atoms with Crippen LogP contribution >= 0.6 is 0 Å². The van der Waals surface area contributed by atoms with E-state index in [1.54, 1.807) is 12.3 Å². The fourth-order valence-corrected chi connectivity index (χ4v) is 4.77. The summed E-state index contributed by atoms with van der Waals surface area (Å²) < 4.78 is 60.2. The predicted molar refractivity (Wildman–Crippen MR) is 133 cm³/mol. The van der Waals surface area contributed by atoms with Crippen LogP contribution in [0.25, 0.3) is 28.4 Å². The number of aromatic nitrogens is 5. The second-order valence-electron chi connectivity index (χ2n) is 10.0. The smallest absolute Gasteiger partial charge is 0.333 e. The van der Waals surface area contributed by atoms with Crippen LogP contribution in [0, 0.1) is 11.6 Å². The summed E-state index contributed by atoms with van der Waals surface area (Å²) >= 11 is 0. The number of ether oxygens (including phenoxy) is 1. The van der Waals surface area contributed by atoms with Gasteiger partial charge in [0, 0.05) is 36.5 Å². The minimum atomic E-state index is -2.78. The average Bonchev–Trinajstić information content (AvgIpc) is 3.28. The zero-order valence-corrected chi connectivity index (χ0v) is 20.7. The third kappa shape index (κ3) is 4.62. The highest BCUT2D eigenvalue weighted by atomic mass is 19.3. The number of epoxide rings is 1. The first-order valence-electron chi connectivity index (χ1n) is 12.3. The molecule has 1 atom stereocenters. The van der Waals surface area contributed by atoms with Crippen LogP contribution in [0.2, 0.25) is 0 Å². The third-order valence-electron chi connectivity index (χ3n) is 6.92. The van der Waals surface area contributed by atoms with Crippen LogP contribution in [0.15, 0.2) is 48.4 Å². The molecule has 6 rings (SSSR count). The van der Waals surface area contributed by atoms with Gasteiger partial charge in [0.15, 0.2) is 5.82 Å². The molecule has 0 saturated carbocycles. The molecule has 4 aromatic rings. The molecule has 1 aromatic carbocycles. The van der Waals surface area contributed by atoms with E-state index in [2.05, 4.69) is 10.1 Å². The molecule has 38 heavy (non-hydrogen) atoms. The molecule has 2 aliphatic rings.